The van der Waals surface area contributed by atoms with Crippen molar-refractivity contribution < 1.29 is 4.79 Å². The molecule has 108 valence electrons. The molecular formula is C15H26N2OS. The lowest BCUT2D eigenvalue weighted by Gasteiger charge is -2.42. The summed E-state index contributed by atoms with van der Waals surface area (Å²) in [6.45, 7) is 5.87. The van der Waals surface area contributed by atoms with Crippen molar-refractivity contribution in [2.75, 3.05) is 13.1 Å². The second kappa shape index (κ2) is 6.21. The summed E-state index contributed by atoms with van der Waals surface area (Å²) in [6, 6.07) is 0. The number of rotatable bonds is 3. The average molecular weight is 282 g/mol. The van der Waals surface area contributed by atoms with Crippen LogP contribution >= 0.6 is 12.2 Å². The number of fused-ring (bicyclic) bond motifs is 1. The Morgan fingerprint density at radius 3 is 2.42 bits per heavy atom. The Kier molecular flexibility index (Phi) is 4.82. The molecule has 1 amide bonds. The molecule has 1 aliphatic carbocycles. The van der Waals surface area contributed by atoms with Crippen LogP contribution in [0.4, 0.5) is 0 Å². The second-order valence-electron chi connectivity index (χ2n) is 6.50. The van der Waals surface area contributed by atoms with E-state index in [-0.39, 0.29) is 17.7 Å². The van der Waals surface area contributed by atoms with Gasteiger partial charge in [0.05, 0.1) is 10.9 Å². The minimum Gasteiger partial charge on any atom is -0.393 e. The van der Waals surface area contributed by atoms with Gasteiger partial charge in [0, 0.05) is 13.1 Å². The molecule has 1 heterocycles. The summed E-state index contributed by atoms with van der Waals surface area (Å²) in [4.78, 5) is 15.0. The van der Waals surface area contributed by atoms with Gasteiger partial charge in [0.15, 0.2) is 0 Å². The van der Waals surface area contributed by atoms with Gasteiger partial charge in [-0.3, -0.25) is 4.79 Å². The number of amides is 1. The van der Waals surface area contributed by atoms with Crippen LogP contribution in [-0.4, -0.2) is 28.9 Å². The number of carbonyl (C=O) groups excluding carboxylic acids is 1. The molecule has 0 spiro atoms. The Morgan fingerprint density at radius 2 is 1.84 bits per heavy atom. The Hall–Kier alpha value is -0.640. The van der Waals surface area contributed by atoms with Crippen LogP contribution in [0.1, 0.15) is 46.0 Å². The largest absolute Gasteiger partial charge is 0.393 e. The number of piperidine rings is 1. The molecule has 19 heavy (non-hydrogen) atoms. The fourth-order valence-corrected chi connectivity index (χ4v) is 4.11. The maximum atomic E-state index is 12.6. The molecular weight excluding hydrogens is 256 g/mol. The number of nitrogens with two attached hydrogens (primary N) is 1. The maximum absolute atomic E-state index is 12.6. The molecule has 2 fully saturated rings. The molecule has 2 N–H and O–H groups in total. The van der Waals surface area contributed by atoms with E-state index in [2.05, 4.69) is 0 Å². The van der Waals surface area contributed by atoms with Gasteiger partial charge in [-0.15, -0.1) is 0 Å². The topological polar surface area (TPSA) is 46.3 Å². The quantitative estimate of drug-likeness (QED) is 0.809. The lowest BCUT2D eigenvalue weighted by Crippen LogP contribution is -2.50. The Balaban J connectivity index is 2.01. The van der Waals surface area contributed by atoms with Crippen molar-refractivity contribution in [2.24, 2.45) is 29.4 Å². The highest BCUT2D eigenvalue weighted by Gasteiger charge is 2.36. The summed E-state index contributed by atoms with van der Waals surface area (Å²) in [5, 5.41) is 0. The van der Waals surface area contributed by atoms with Crippen LogP contribution in [0.2, 0.25) is 0 Å². The first-order chi connectivity index (χ1) is 9.00. The van der Waals surface area contributed by atoms with E-state index in [1.54, 1.807) is 0 Å². The number of nitrogens with zero attached hydrogens (tertiary/aromatic N) is 1. The van der Waals surface area contributed by atoms with E-state index in [0.29, 0.717) is 10.9 Å². The van der Waals surface area contributed by atoms with E-state index in [1.165, 1.54) is 32.1 Å². The summed E-state index contributed by atoms with van der Waals surface area (Å²) in [5.74, 6) is 1.63. The predicted octanol–water partition coefficient (Wildman–Crippen LogP) is 2.58. The van der Waals surface area contributed by atoms with Gasteiger partial charge in [-0.1, -0.05) is 45.3 Å². The summed E-state index contributed by atoms with van der Waals surface area (Å²) in [5.41, 5.74) is 5.76. The van der Waals surface area contributed by atoms with Gasteiger partial charge in [0.25, 0.3) is 0 Å². The van der Waals surface area contributed by atoms with Crippen LogP contribution in [0.15, 0.2) is 0 Å². The molecule has 1 saturated heterocycles. The highest BCUT2D eigenvalue weighted by molar-refractivity contribution is 7.80. The third-order valence-corrected chi connectivity index (χ3v) is 5.10. The van der Waals surface area contributed by atoms with E-state index < -0.39 is 0 Å². The van der Waals surface area contributed by atoms with Gasteiger partial charge in [0.2, 0.25) is 5.91 Å². The lowest BCUT2D eigenvalue weighted by atomic mass is 9.75. The summed E-state index contributed by atoms with van der Waals surface area (Å²) < 4.78 is 0. The molecule has 3 atom stereocenters. The second-order valence-corrected chi connectivity index (χ2v) is 6.97. The van der Waals surface area contributed by atoms with Crippen LogP contribution in [0, 0.1) is 23.7 Å². The van der Waals surface area contributed by atoms with Gasteiger partial charge in [-0.05, 0) is 30.6 Å². The molecule has 3 nitrogen and oxygen atoms in total. The number of thiocarbonyl (C=S) groups is 1. The highest BCUT2D eigenvalue weighted by Crippen LogP contribution is 2.36. The molecule has 0 aromatic carbocycles. The van der Waals surface area contributed by atoms with E-state index >= 15 is 0 Å². The third kappa shape index (κ3) is 3.28. The van der Waals surface area contributed by atoms with E-state index in [1.807, 2.05) is 18.7 Å². The molecule has 1 aliphatic heterocycles. The predicted molar refractivity (Wildman–Crippen MR) is 81.8 cm³/mol. The maximum Gasteiger partial charge on any atom is 0.232 e. The fourth-order valence-electron chi connectivity index (χ4n) is 3.73. The van der Waals surface area contributed by atoms with Crippen molar-refractivity contribution in [1.82, 2.24) is 4.90 Å². The normalized spacial score (nSPS) is 28.9. The summed E-state index contributed by atoms with van der Waals surface area (Å²) in [7, 11) is 0. The van der Waals surface area contributed by atoms with Gasteiger partial charge in [-0.2, -0.15) is 0 Å². The minimum atomic E-state index is -0.282. The molecule has 2 rings (SSSR count). The number of likely N-dealkylation sites (tertiary alicyclic amines) is 1. The third-order valence-electron chi connectivity index (χ3n) is 4.84. The molecule has 2 aliphatic rings. The monoisotopic (exact) mass is 282 g/mol. The average Bonchev–Trinajstić information content (AvgIpc) is 2.37. The van der Waals surface area contributed by atoms with Gasteiger partial charge in [0.1, 0.15) is 0 Å². The van der Waals surface area contributed by atoms with Crippen LogP contribution in [0.5, 0.6) is 0 Å². The summed E-state index contributed by atoms with van der Waals surface area (Å²) in [6.07, 6.45) is 6.50. The van der Waals surface area contributed by atoms with Crippen LogP contribution < -0.4 is 5.73 Å². The smallest absolute Gasteiger partial charge is 0.232 e. The summed E-state index contributed by atoms with van der Waals surface area (Å²) >= 11 is 5.08. The molecule has 0 aromatic rings. The van der Waals surface area contributed by atoms with Gasteiger partial charge in [-0.25, -0.2) is 0 Å². The SMILES string of the molecule is CC(C)C(C(=O)N1CCC2CCCCC2C1)C(N)=S. The molecule has 0 aromatic heterocycles. The van der Waals surface area contributed by atoms with E-state index in [4.69, 9.17) is 18.0 Å². The molecule has 4 heteroatoms. The first-order valence-corrected chi connectivity index (χ1v) is 7.99. The molecule has 0 bridgehead atoms. The van der Waals surface area contributed by atoms with Crippen LogP contribution in [-0.2, 0) is 4.79 Å². The Morgan fingerprint density at radius 1 is 1.21 bits per heavy atom. The van der Waals surface area contributed by atoms with E-state index in [9.17, 15) is 4.79 Å². The van der Waals surface area contributed by atoms with Gasteiger partial charge < -0.3 is 10.6 Å². The van der Waals surface area contributed by atoms with Crippen LogP contribution in [0.3, 0.4) is 0 Å². The zero-order chi connectivity index (χ0) is 14.0. The molecule has 1 saturated carbocycles. The number of hydrogen-bond acceptors (Lipinski definition) is 2. The van der Waals surface area contributed by atoms with Gasteiger partial charge >= 0.3 is 0 Å². The first kappa shape index (κ1) is 14.8. The highest BCUT2D eigenvalue weighted by atomic mass is 32.1. The van der Waals surface area contributed by atoms with Crippen molar-refractivity contribution in [1.29, 1.82) is 0 Å². The Labute approximate surface area is 121 Å². The van der Waals surface area contributed by atoms with E-state index in [0.717, 1.165) is 19.0 Å². The minimum absolute atomic E-state index is 0.159. The zero-order valence-electron chi connectivity index (χ0n) is 12.1. The lowest BCUT2D eigenvalue weighted by molar-refractivity contribution is -0.137. The standard InChI is InChI=1S/C15H26N2OS/c1-10(2)13(14(16)19)15(18)17-8-7-11-5-3-4-6-12(11)9-17/h10-13H,3-9H2,1-2H3,(H2,16,19). The van der Waals surface area contributed by atoms with Crippen molar-refractivity contribution in [3.05, 3.63) is 0 Å². The van der Waals surface area contributed by atoms with Crippen LogP contribution in [0.25, 0.3) is 0 Å². The fraction of sp³-hybridized carbons (Fsp3) is 0.867. The van der Waals surface area contributed by atoms with Crippen molar-refractivity contribution in [2.45, 2.75) is 46.0 Å². The van der Waals surface area contributed by atoms with Crippen molar-refractivity contribution in [3.8, 4) is 0 Å². The number of carbonyl (C=O) groups is 1. The van der Waals surface area contributed by atoms with Crippen molar-refractivity contribution in [3.63, 3.8) is 0 Å². The first-order valence-electron chi connectivity index (χ1n) is 7.58. The molecule has 0 radical (unpaired) electrons. The van der Waals surface area contributed by atoms with Crippen molar-refractivity contribution >= 4 is 23.1 Å². The number of hydrogen-bond donors (Lipinski definition) is 1. The Bertz CT molecular complexity index is 356. The molecule has 3 unspecified atom stereocenters. The zero-order valence-corrected chi connectivity index (χ0v) is 12.9.